The summed E-state index contributed by atoms with van der Waals surface area (Å²) >= 11 is 3.02. The van der Waals surface area contributed by atoms with E-state index in [1.54, 1.807) is 0 Å². The lowest BCUT2D eigenvalue weighted by atomic mass is 10.2. The molecule has 1 saturated heterocycles. The molecule has 0 amide bonds. The number of nitrogens with zero attached hydrogens (tertiary/aromatic N) is 1. The molecule has 1 aliphatic heterocycles. The lowest BCUT2D eigenvalue weighted by Crippen LogP contribution is -2.33. The van der Waals surface area contributed by atoms with Crippen LogP contribution in [0.1, 0.15) is 18.2 Å². The van der Waals surface area contributed by atoms with Gasteiger partial charge in [0.25, 0.3) is 5.56 Å². The maximum Gasteiger partial charge on any atom is 0.469 e. The van der Waals surface area contributed by atoms with E-state index in [2.05, 4.69) is 25.4 Å². The number of phosphoric acid groups is 1. The minimum absolute atomic E-state index is 0.00139. The number of hydrogen-bond acceptors (Lipinski definition) is 6. The Labute approximate surface area is 137 Å². The van der Waals surface area contributed by atoms with Crippen molar-refractivity contribution >= 4 is 29.8 Å². The smallest absolute Gasteiger partial charge is 0.390 e. The number of nitrogens with one attached hydrogen (secondary N) is 1. The third-order valence-electron chi connectivity index (χ3n) is 3.16. The number of ether oxygens (including phenoxy) is 1. The molecule has 0 unspecified atom stereocenters. The standard InChI is InChI=1S/C11H14BrN2O8P/c12-2-1-6-4-14(11(17)13-10(6)16)9-3-7(15)8(22-9)5-21-23(18,19)20/h1-2,4,7-9,15H,3,5H2,(H,13,16,17)(H2,18,19,20)/b2-1+/t7-,8+,9-/m1/s1. The van der Waals surface area contributed by atoms with Gasteiger partial charge >= 0.3 is 13.5 Å². The zero-order valence-corrected chi connectivity index (χ0v) is 14.0. The van der Waals surface area contributed by atoms with E-state index in [-0.39, 0.29) is 12.0 Å². The van der Waals surface area contributed by atoms with Crippen molar-refractivity contribution in [2.45, 2.75) is 24.9 Å². The zero-order chi connectivity index (χ0) is 17.2. The molecule has 2 heterocycles. The number of H-pyrrole nitrogens is 1. The highest BCUT2D eigenvalue weighted by Gasteiger charge is 2.37. The van der Waals surface area contributed by atoms with Crippen LogP contribution in [0.5, 0.6) is 0 Å². The van der Waals surface area contributed by atoms with Crippen molar-refractivity contribution in [2.24, 2.45) is 0 Å². The summed E-state index contributed by atoms with van der Waals surface area (Å²) in [5.74, 6) is 0. The second-order valence-corrected chi connectivity index (χ2v) is 6.53. The van der Waals surface area contributed by atoms with Crippen molar-refractivity contribution in [1.82, 2.24) is 9.55 Å². The number of aromatic amines is 1. The van der Waals surface area contributed by atoms with E-state index in [9.17, 15) is 19.3 Å². The summed E-state index contributed by atoms with van der Waals surface area (Å²) in [6.45, 7) is -0.534. The number of phosphoric ester groups is 1. The first-order valence-corrected chi connectivity index (χ1v) is 8.81. The molecule has 0 aliphatic carbocycles. The van der Waals surface area contributed by atoms with E-state index in [4.69, 9.17) is 14.5 Å². The summed E-state index contributed by atoms with van der Waals surface area (Å²) in [7, 11) is -4.69. The molecule has 0 bridgehead atoms. The van der Waals surface area contributed by atoms with E-state index < -0.39 is 44.1 Å². The second kappa shape index (κ2) is 7.22. The van der Waals surface area contributed by atoms with Crippen LogP contribution < -0.4 is 11.2 Å². The number of aliphatic hydroxyl groups is 1. The highest BCUT2D eigenvalue weighted by molar-refractivity contribution is 9.11. The first-order valence-electron chi connectivity index (χ1n) is 6.37. The number of rotatable bonds is 5. The lowest BCUT2D eigenvalue weighted by molar-refractivity contribution is -0.0451. The summed E-state index contributed by atoms with van der Waals surface area (Å²) in [5, 5.41) is 9.87. The van der Waals surface area contributed by atoms with E-state index in [1.807, 2.05) is 0 Å². The van der Waals surface area contributed by atoms with Crippen molar-refractivity contribution < 1.29 is 28.7 Å². The summed E-state index contributed by atoms with van der Waals surface area (Å²) < 4.78 is 21.5. The number of aliphatic hydroxyl groups excluding tert-OH is 1. The molecular weight excluding hydrogens is 399 g/mol. The fourth-order valence-corrected chi connectivity index (χ4v) is 2.73. The highest BCUT2D eigenvalue weighted by atomic mass is 79.9. The first-order chi connectivity index (χ1) is 10.7. The molecule has 0 spiro atoms. The number of aromatic nitrogens is 2. The van der Waals surface area contributed by atoms with Crippen molar-refractivity contribution in [2.75, 3.05) is 6.61 Å². The lowest BCUT2D eigenvalue weighted by Gasteiger charge is -2.16. The topological polar surface area (TPSA) is 151 Å². The number of hydrogen-bond donors (Lipinski definition) is 4. The monoisotopic (exact) mass is 412 g/mol. The Bertz CT molecular complexity index is 753. The average Bonchev–Trinajstić information content (AvgIpc) is 2.80. The van der Waals surface area contributed by atoms with Crippen LogP contribution in [0.25, 0.3) is 6.08 Å². The van der Waals surface area contributed by atoms with Gasteiger partial charge in [-0.05, 0) is 11.1 Å². The van der Waals surface area contributed by atoms with Crippen LogP contribution in [-0.2, 0) is 13.8 Å². The Morgan fingerprint density at radius 2 is 2.22 bits per heavy atom. The minimum atomic E-state index is -4.69. The van der Waals surface area contributed by atoms with E-state index in [0.717, 1.165) is 4.57 Å². The van der Waals surface area contributed by atoms with Gasteiger partial charge < -0.3 is 19.6 Å². The fraction of sp³-hybridized carbons (Fsp3) is 0.455. The molecule has 1 aromatic heterocycles. The average molecular weight is 413 g/mol. The van der Waals surface area contributed by atoms with Crippen LogP contribution in [0.4, 0.5) is 0 Å². The van der Waals surface area contributed by atoms with Gasteiger partial charge in [0.15, 0.2) is 0 Å². The first kappa shape index (κ1) is 18.3. The molecule has 10 nitrogen and oxygen atoms in total. The maximum absolute atomic E-state index is 11.9. The Balaban J connectivity index is 2.20. The molecular formula is C11H14BrN2O8P. The van der Waals surface area contributed by atoms with Gasteiger partial charge in [-0.1, -0.05) is 15.9 Å². The molecule has 4 N–H and O–H groups in total. The molecule has 0 saturated carbocycles. The molecule has 128 valence electrons. The molecule has 2 rings (SSSR count). The molecule has 0 aromatic carbocycles. The van der Waals surface area contributed by atoms with E-state index in [0.29, 0.717) is 0 Å². The van der Waals surface area contributed by atoms with Gasteiger partial charge in [0, 0.05) is 12.6 Å². The predicted molar refractivity (Wildman–Crippen MR) is 81.8 cm³/mol. The maximum atomic E-state index is 11.9. The molecule has 3 atom stereocenters. The van der Waals surface area contributed by atoms with Crippen LogP contribution in [0.15, 0.2) is 20.8 Å². The summed E-state index contributed by atoms with van der Waals surface area (Å²) in [6, 6.07) is 0. The Hall–Kier alpha value is -1.07. The molecule has 1 fully saturated rings. The van der Waals surface area contributed by atoms with Crippen molar-refractivity contribution in [3.05, 3.63) is 37.6 Å². The van der Waals surface area contributed by atoms with Crippen LogP contribution in [-0.4, -0.2) is 43.3 Å². The second-order valence-electron chi connectivity index (χ2n) is 4.76. The van der Waals surface area contributed by atoms with Gasteiger partial charge in [0.05, 0.1) is 18.3 Å². The van der Waals surface area contributed by atoms with Crippen molar-refractivity contribution in [3.63, 3.8) is 0 Å². The van der Waals surface area contributed by atoms with Gasteiger partial charge in [0.2, 0.25) is 0 Å². The highest BCUT2D eigenvalue weighted by Crippen LogP contribution is 2.38. The quantitative estimate of drug-likeness (QED) is 0.479. The van der Waals surface area contributed by atoms with Crippen LogP contribution in [0.3, 0.4) is 0 Å². The fourth-order valence-electron chi connectivity index (χ4n) is 2.11. The van der Waals surface area contributed by atoms with Crippen LogP contribution >= 0.6 is 23.8 Å². The van der Waals surface area contributed by atoms with Gasteiger partial charge in [0.1, 0.15) is 12.3 Å². The van der Waals surface area contributed by atoms with Gasteiger partial charge in [-0.2, -0.15) is 0 Å². The summed E-state index contributed by atoms with van der Waals surface area (Å²) in [6.07, 6.45) is -0.306. The third kappa shape index (κ3) is 4.70. The largest absolute Gasteiger partial charge is 0.469 e. The molecule has 1 aromatic rings. The minimum Gasteiger partial charge on any atom is -0.390 e. The van der Waals surface area contributed by atoms with Crippen molar-refractivity contribution in [1.29, 1.82) is 0 Å². The predicted octanol–water partition coefficient (Wildman–Crippen LogP) is -0.340. The molecule has 0 radical (unpaired) electrons. The summed E-state index contributed by atoms with van der Waals surface area (Å²) in [5.41, 5.74) is -1.12. The van der Waals surface area contributed by atoms with E-state index >= 15 is 0 Å². The number of halogens is 1. The SMILES string of the molecule is O=c1[nH]c(=O)n([C@H]2C[C@@H](O)[C@H](COP(=O)(O)O)O2)cc1/C=C/Br. The molecule has 12 heteroatoms. The van der Waals surface area contributed by atoms with Crippen LogP contribution in [0.2, 0.25) is 0 Å². The Kier molecular flexibility index (Phi) is 5.74. The van der Waals surface area contributed by atoms with Gasteiger partial charge in [-0.15, -0.1) is 0 Å². The normalized spacial score (nSPS) is 25.3. The van der Waals surface area contributed by atoms with Gasteiger partial charge in [-0.25, -0.2) is 9.36 Å². The Morgan fingerprint density at radius 1 is 1.52 bits per heavy atom. The van der Waals surface area contributed by atoms with E-state index in [1.165, 1.54) is 17.3 Å². The molecule has 23 heavy (non-hydrogen) atoms. The zero-order valence-electron chi connectivity index (χ0n) is 11.5. The van der Waals surface area contributed by atoms with Crippen molar-refractivity contribution in [3.8, 4) is 0 Å². The van der Waals surface area contributed by atoms with Crippen LogP contribution in [0, 0.1) is 0 Å². The molecule has 1 aliphatic rings. The van der Waals surface area contributed by atoms with Gasteiger partial charge in [-0.3, -0.25) is 18.9 Å². The summed E-state index contributed by atoms with van der Waals surface area (Å²) in [4.78, 5) is 44.3. The third-order valence-corrected chi connectivity index (χ3v) is 3.91. The Morgan fingerprint density at radius 3 is 2.83 bits per heavy atom.